The Hall–Kier alpha value is -1.79. The van der Waals surface area contributed by atoms with E-state index in [9.17, 15) is 4.39 Å². The van der Waals surface area contributed by atoms with Gasteiger partial charge in [0.05, 0.1) is 19.3 Å². The Bertz CT molecular complexity index is 736. The zero-order valence-electron chi connectivity index (χ0n) is 16.1. The second-order valence-corrected chi connectivity index (χ2v) is 6.82. The lowest BCUT2D eigenvalue weighted by Crippen LogP contribution is -2.38. The van der Waals surface area contributed by atoms with Crippen LogP contribution >= 0.6 is 0 Å². The van der Waals surface area contributed by atoms with Gasteiger partial charge in [-0.1, -0.05) is 55.0 Å². The van der Waals surface area contributed by atoms with Gasteiger partial charge in [-0.05, 0) is 25.0 Å². The first-order valence-corrected chi connectivity index (χ1v) is 9.32. The monoisotopic (exact) mass is 374 g/mol. The Morgan fingerprint density at radius 2 is 1.78 bits per heavy atom. The van der Waals surface area contributed by atoms with Crippen molar-refractivity contribution in [3.8, 4) is 0 Å². The minimum atomic E-state index is -0.509. The van der Waals surface area contributed by atoms with Crippen LogP contribution in [0.1, 0.15) is 30.0 Å². The van der Waals surface area contributed by atoms with E-state index in [0.29, 0.717) is 12.2 Å². The van der Waals surface area contributed by atoms with E-state index in [2.05, 4.69) is 6.07 Å². The Labute approximate surface area is 160 Å². The highest BCUT2D eigenvalue weighted by Gasteiger charge is 2.45. The maximum absolute atomic E-state index is 13.9. The summed E-state index contributed by atoms with van der Waals surface area (Å²) in [6.07, 6.45) is -0.627. The van der Waals surface area contributed by atoms with E-state index >= 15 is 0 Å². The standard InChI is InChI=1S/C22H27FO4/c1-4-19-20(26-14-17-10-5-6-11-18(17)23)21(22(24-3)27-19)25-13-16-9-7-8-15(2)12-16/h5-12,19-22H,4,13-14H2,1-3H3/t19-,20+,21-,22?/m1/s1. The molecule has 4 nitrogen and oxygen atoms in total. The molecule has 1 heterocycles. The van der Waals surface area contributed by atoms with Crippen molar-refractivity contribution in [1.29, 1.82) is 0 Å². The van der Waals surface area contributed by atoms with Crippen LogP contribution < -0.4 is 0 Å². The molecular formula is C22H27FO4. The number of hydrogen-bond acceptors (Lipinski definition) is 4. The van der Waals surface area contributed by atoms with Crippen LogP contribution in [0.15, 0.2) is 48.5 Å². The molecule has 0 N–H and O–H groups in total. The summed E-state index contributed by atoms with van der Waals surface area (Å²) in [6, 6.07) is 14.8. The van der Waals surface area contributed by atoms with Crippen LogP contribution in [0, 0.1) is 12.7 Å². The van der Waals surface area contributed by atoms with Gasteiger partial charge in [0.15, 0.2) is 6.29 Å². The molecule has 1 unspecified atom stereocenters. The number of rotatable bonds is 8. The lowest BCUT2D eigenvalue weighted by atomic mass is 10.1. The minimum Gasteiger partial charge on any atom is -0.368 e. The van der Waals surface area contributed by atoms with Crippen molar-refractivity contribution in [2.45, 2.75) is 58.1 Å². The zero-order valence-corrected chi connectivity index (χ0v) is 16.1. The largest absolute Gasteiger partial charge is 0.368 e. The Balaban J connectivity index is 1.70. The van der Waals surface area contributed by atoms with E-state index in [1.807, 2.05) is 32.0 Å². The van der Waals surface area contributed by atoms with Gasteiger partial charge in [0.25, 0.3) is 0 Å². The summed E-state index contributed by atoms with van der Waals surface area (Å²) in [5.74, 6) is -0.273. The highest BCUT2D eigenvalue weighted by Crippen LogP contribution is 2.30. The fourth-order valence-corrected chi connectivity index (χ4v) is 3.38. The number of methoxy groups -OCH3 is 1. The SMILES string of the molecule is CC[C@H]1OC(OC)[C@H](OCc2cccc(C)c2)[C@H]1OCc1ccccc1F. The third-order valence-corrected chi connectivity index (χ3v) is 4.82. The summed E-state index contributed by atoms with van der Waals surface area (Å²) in [5.41, 5.74) is 2.78. The average Bonchev–Trinajstić information content (AvgIpc) is 3.02. The van der Waals surface area contributed by atoms with Crippen LogP contribution in [0.4, 0.5) is 4.39 Å². The molecule has 27 heavy (non-hydrogen) atoms. The first kappa shape index (κ1) is 20.0. The van der Waals surface area contributed by atoms with Gasteiger partial charge in [0.2, 0.25) is 0 Å². The minimum absolute atomic E-state index is 0.163. The molecule has 0 amide bonds. The molecule has 0 aliphatic carbocycles. The van der Waals surface area contributed by atoms with Crippen molar-refractivity contribution >= 4 is 0 Å². The summed E-state index contributed by atoms with van der Waals surface area (Å²) in [7, 11) is 1.60. The molecule has 2 aromatic rings. The van der Waals surface area contributed by atoms with Gasteiger partial charge < -0.3 is 18.9 Å². The molecule has 0 spiro atoms. The van der Waals surface area contributed by atoms with Crippen molar-refractivity contribution in [3.63, 3.8) is 0 Å². The fraction of sp³-hybridized carbons (Fsp3) is 0.455. The third-order valence-electron chi connectivity index (χ3n) is 4.82. The maximum Gasteiger partial charge on any atom is 0.186 e. The molecule has 0 radical (unpaired) electrons. The van der Waals surface area contributed by atoms with Gasteiger partial charge in [-0.3, -0.25) is 0 Å². The summed E-state index contributed by atoms with van der Waals surface area (Å²) < 4.78 is 37.5. The number of hydrogen-bond donors (Lipinski definition) is 0. The molecule has 1 saturated heterocycles. The molecule has 0 bridgehead atoms. The van der Waals surface area contributed by atoms with Crippen LogP contribution in [0.3, 0.4) is 0 Å². The van der Waals surface area contributed by atoms with Crippen LogP contribution in [-0.2, 0) is 32.2 Å². The number of ether oxygens (including phenoxy) is 4. The lowest BCUT2D eigenvalue weighted by molar-refractivity contribution is -0.166. The molecule has 3 rings (SSSR count). The quantitative estimate of drug-likeness (QED) is 0.687. The Morgan fingerprint density at radius 3 is 2.48 bits per heavy atom. The first-order chi connectivity index (χ1) is 13.1. The predicted molar refractivity (Wildman–Crippen MR) is 101 cm³/mol. The molecular weight excluding hydrogens is 347 g/mol. The second kappa shape index (κ2) is 9.42. The topological polar surface area (TPSA) is 36.9 Å². The van der Waals surface area contributed by atoms with Crippen molar-refractivity contribution in [2.75, 3.05) is 7.11 Å². The summed E-state index contributed by atoms with van der Waals surface area (Å²) in [6.45, 7) is 4.68. The molecule has 5 heteroatoms. The highest BCUT2D eigenvalue weighted by atomic mass is 19.1. The van der Waals surface area contributed by atoms with E-state index in [0.717, 1.165) is 12.0 Å². The average molecular weight is 374 g/mol. The van der Waals surface area contributed by atoms with Crippen LogP contribution in [0.25, 0.3) is 0 Å². The molecule has 0 saturated carbocycles. The number of aryl methyl sites for hydroxylation is 1. The number of benzene rings is 2. The van der Waals surface area contributed by atoms with Gasteiger partial charge in [-0.15, -0.1) is 0 Å². The van der Waals surface area contributed by atoms with Crippen molar-refractivity contribution < 1.29 is 23.3 Å². The van der Waals surface area contributed by atoms with E-state index in [-0.39, 0.29) is 30.7 Å². The van der Waals surface area contributed by atoms with Crippen molar-refractivity contribution in [3.05, 3.63) is 71.0 Å². The first-order valence-electron chi connectivity index (χ1n) is 9.32. The van der Waals surface area contributed by atoms with E-state index in [4.69, 9.17) is 18.9 Å². The summed E-state index contributed by atoms with van der Waals surface area (Å²) >= 11 is 0. The lowest BCUT2D eigenvalue weighted by Gasteiger charge is -2.24. The zero-order chi connectivity index (χ0) is 19.2. The van der Waals surface area contributed by atoms with E-state index < -0.39 is 6.29 Å². The molecule has 1 aliphatic heterocycles. The van der Waals surface area contributed by atoms with Crippen LogP contribution in [-0.4, -0.2) is 31.7 Å². The van der Waals surface area contributed by atoms with Crippen molar-refractivity contribution in [2.24, 2.45) is 0 Å². The Kier molecular flexibility index (Phi) is 6.96. The molecule has 4 atom stereocenters. The maximum atomic E-state index is 13.9. The molecule has 1 fully saturated rings. The second-order valence-electron chi connectivity index (χ2n) is 6.82. The van der Waals surface area contributed by atoms with Gasteiger partial charge in [0, 0.05) is 12.7 Å². The van der Waals surface area contributed by atoms with Crippen LogP contribution in [0.2, 0.25) is 0 Å². The highest BCUT2D eigenvalue weighted by molar-refractivity contribution is 5.21. The van der Waals surface area contributed by atoms with Gasteiger partial charge >= 0.3 is 0 Å². The fourth-order valence-electron chi connectivity index (χ4n) is 3.38. The summed E-state index contributed by atoms with van der Waals surface area (Å²) in [4.78, 5) is 0. The summed E-state index contributed by atoms with van der Waals surface area (Å²) in [5, 5.41) is 0. The third kappa shape index (κ3) is 4.93. The molecule has 2 aromatic carbocycles. The van der Waals surface area contributed by atoms with Crippen molar-refractivity contribution in [1.82, 2.24) is 0 Å². The van der Waals surface area contributed by atoms with Crippen LogP contribution in [0.5, 0.6) is 0 Å². The van der Waals surface area contributed by atoms with Gasteiger partial charge in [0.1, 0.15) is 18.0 Å². The van der Waals surface area contributed by atoms with Gasteiger partial charge in [-0.2, -0.15) is 0 Å². The normalized spacial score (nSPS) is 25.0. The van der Waals surface area contributed by atoms with E-state index in [1.165, 1.54) is 11.6 Å². The smallest absolute Gasteiger partial charge is 0.186 e. The molecule has 0 aromatic heterocycles. The number of halogens is 1. The molecule has 1 aliphatic rings. The Morgan fingerprint density at radius 1 is 1.00 bits per heavy atom. The van der Waals surface area contributed by atoms with E-state index in [1.54, 1.807) is 25.3 Å². The predicted octanol–water partition coefficient (Wildman–Crippen LogP) is 4.39. The molecule has 146 valence electrons. The van der Waals surface area contributed by atoms with Gasteiger partial charge in [-0.25, -0.2) is 4.39 Å².